The molecule has 0 unspecified atom stereocenters. The van der Waals surface area contributed by atoms with E-state index in [0.29, 0.717) is 17.7 Å². The molecule has 7 heteroatoms. The number of nitro groups is 1. The Hall–Kier alpha value is -3.48. The summed E-state index contributed by atoms with van der Waals surface area (Å²) in [5, 5.41) is 10.9. The van der Waals surface area contributed by atoms with Gasteiger partial charge in [-0.15, -0.1) is 0 Å². The average molecular weight is 451 g/mol. The van der Waals surface area contributed by atoms with Gasteiger partial charge in [0, 0.05) is 17.7 Å². The Morgan fingerprint density at radius 3 is 2.39 bits per heavy atom. The molecule has 0 spiro atoms. The lowest BCUT2D eigenvalue weighted by molar-refractivity contribution is -0.384. The number of benzene rings is 2. The lowest BCUT2D eigenvalue weighted by Crippen LogP contribution is -2.05. The standard InChI is InChI=1S/C26H30N2O5/c1-2-3-4-5-6-7-8-9-17-32-23-15-13-21(14-16-23)25-27-24(26(29)33-25)19-20-11-10-12-22(18-20)28(30)31/h10-16,18-19H,2-9,17H2,1H3/b24-19-. The number of rotatable bonds is 13. The van der Waals surface area contributed by atoms with Gasteiger partial charge in [0.2, 0.25) is 5.90 Å². The van der Waals surface area contributed by atoms with E-state index in [1.807, 2.05) is 12.1 Å². The van der Waals surface area contributed by atoms with Crippen molar-refractivity contribution in [3.63, 3.8) is 0 Å². The van der Waals surface area contributed by atoms with Crippen LogP contribution in [0.25, 0.3) is 6.08 Å². The highest BCUT2D eigenvalue weighted by Gasteiger charge is 2.24. The van der Waals surface area contributed by atoms with Crippen LogP contribution in [0.15, 0.2) is 59.2 Å². The van der Waals surface area contributed by atoms with Gasteiger partial charge in [0.05, 0.1) is 11.5 Å². The molecule has 0 bridgehead atoms. The predicted molar refractivity (Wildman–Crippen MR) is 128 cm³/mol. The van der Waals surface area contributed by atoms with Crippen molar-refractivity contribution >= 4 is 23.6 Å². The van der Waals surface area contributed by atoms with E-state index in [1.165, 1.54) is 63.2 Å². The van der Waals surface area contributed by atoms with E-state index < -0.39 is 10.9 Å². The third-order valence-corrected chi connectivity index (χ3v) is 5.37. The van der Waals surface area contributed by atoms with E-state index >= 15 is 0 Å². The number of aliphatic imine (C=N–C) groups is 1. The number of carbonyl (C=O) groups is 1. The molecule has 2 aromatic rings. The first kappa shape index (κ1) is 24.2. The Morgan fingerprint density at radius 2 is 1.70 bits per heavy atom. The normalized spacial score (nSPS) is 14.3. The molecule has 174 valence electrons. The first-order chi connectivity index (χ1) is 16.1. The van der Waals surface area contributed by atoms with Crippen LogP contribution in [0.2, 0.25) is 0 Å². The van der Waals surface area contributed by atoms with Crippen LogP contribution in [-0.2, 0) is 9.53 Å². The van der Waals surface area contributed by atoms with Crippen LogP contribution in [0.1, 0.15) is 69.4 Å². The molecule has 0 aromatic heterocycles. The highest BCUT2D eigenvalue weighted by Crippen LogP contribution is 2.22. The lowest BCUT2D eigenvalue weighted by Gasteiger charge is -2.07. The fourth-order valence-corrected chi connectivity index (χ4v) is 3.54. The average Bonchev–Trinajstić information content (AvgIpc) is 3.18. The molecule has 1 aliphatic heterocycles. The first-order valence-corrected chi connectivity index (χ1v) is 11.6. The van der Waals surface area contributed by atoms with Crippen LogP contribution >= 0.6 is 0 Å². The summed E-state index contributed by atoms with van der Waals surface area (Å²) >= 11 is 0. The van der Waals surface area contributed by atoms with Gasteiger partial charge in [-0.1, -0.05) is 64.0 Å². The van der Waals surface area contributed by atoms with Crippen LogP contribution in [0.3, 0.4) is 0 Å². The zero-order valence-electron chi connectivity index (χ0n) is 19.0. The maximum absolute atomic E-state index is 12.2. The highest BCUT2D eigenvalue weighted by atomic mass is 16.6. The number of ether oxygens (including phenoxy) is 2. The number of esters is 1. The number of hydrogen-bond acceptors (Lipinski definition) is 6. The Morgan fingerprint density at radius 1 is 1.00 bits per heavy atom. The number of non-ortho nitro benzene ring substituents is 1. The van der Waals surface area contributed by atoms with Gasteiger partial charge >= 0.3 is 5.97 Å². The summed E-state index contributed by atoms with van der Waals surface area (Å²) in [6.07, 6.45) is 11.5. The number of cyclic esters (lactones) is 1. The minimum atomic E-state index is -0.591. The molecule has 0 saturated carbocycles. The summed E-state index contributed by atoms with van der Waals surface area (Å²) in [4.78, 5) is 26.9. The number of unbranched alkanes of at least 4 members (excludes halogenated alkanes) is 7. The fourth-order valence-electron chi connectivity index (χ4n) is 3.54. The lowest BCUT2D eigenvalue weighted by atomic mass is 10.1. The number of nitro benzene ring substituents is 1. The molecule has 1 aliphatic rings. The number of nitrogens with zero attached hydrogens (tertiary/aromatic N) is 2. The van der Waals surface area contributed by atoms with Crippen molar-refractivity contribution in [2.45, 2.75) is 58.3 Å². The summed E-state index contributed by atoms with van der Waals surface area (Å²) < 4.78 is 11.1. The van der Waals surface area contributed by atoms with Gasteiger partial charge in [-0.05, 0) is 42.3 Å². The van der Waals surface area contributed by atoms with Gasteiger partial charge in [0.1, 0.15) is 5.75 Å². The molecule has 1 heterocycles. The zero-order valence-corrected chi connectivity index (χ0v) is 19.0. The summed E-state index contributed by atoms with van der Waals surface area (Å²) in [6.45, 7) is 2.91. The van der Waals surface area contributed by atoms with Crippen LogP contribution < -0.4 is 4.74 Å². The third kappa shape index (κ3) is 7.56. The van der Waals surface area contributed by atoms with Crippen molar-refractivity contribution in [1.29, 1.82) is 0 Å². The molecule has 0 amide bonds. The molecule has 0 radical (unpaired) electrons. The van der Waals surface area contributed by atoms with Gasteiger partial charge < -0.3 is 9.47 Å². The van der Waals surface area contributed by atoms with E-state index in [-0.39, 0.29) is 17.3 Å². The molecule has 3 rings (SSSR count). The van der Waals surface area contributed by atoms with Gasteiger partial charge in [0.15, 0.2) is 5.70 Å². The van der Waals surface area contributed by atoms with Crippen molar-refractivity contribution in [3.8, 4) is 5.75 Å². The molecule has 7 nitrogen and oxygen atoms in total. The molecule has 0 aliphatic carbocycles. The minimum Gasteiger partial charge on any atom is -0.494 e. The SMILES string of the molecule is CCCCCCCCCCOc1ccc(C2=N/C(=C\c3cccc([N+](=O)[O-])c3)C(=O)O2)cc1. The molecule has 0 atom stereocenters. The Bertz CT molecular complexity index is 1010. The Kier molecular flexibility index (Phi) is 9.18. The molecule has 0 N–H and O–H groups in total. The second-order valence-electron chi connectivity index (χ2n) is 8.04. The molecule has 0 fully saturated rings. The van der Waals surface area contributed by atoms with E-state index in [1.54, 1.807) is 24.3 Å². The van der Waals surface area contributed by atoms with Crippen molar-refractivity contribution < 1.29 is 19.2 Å². The fraction of sp³-hybridized carbons (Fsp3) is 0.385. The molecule has 2 aromatic carbocycles. The highest BCUT2D eigenvalue weighted by molar-refractivity contribution is 6.12. The molecular formula is C26H30N2O5. The van der Waals surface area contributed by atoms with Gasteiger partial charge in [-0.25, -0.2) is 9.79 Å². The van der Waals surface area contributed by atoms with E-state index in [2.05, 4.69) is 11.9 Å². The van der Waals surface area contributed by atoms with Crippen LogP contribution in [-0.4, -0.2) is 23.4 Å². The van der Waals surface area contributed by atoms with E-state index in [4.69, 9.17) is 9.47 Å². The van der Waals surface area contributed by atoms with Gasteiger partial charge in [0.25, 0.3) is 5.69 Å². The summed E-state index contributed by atoms with van der Waals surface area (Å²) in [5.74, 6) is 0.372. The Balaban J connectivity index is 1.50. The molecule has 0 saturated heterocycles. The maximum Gasteiger partial charge on any atom is 0.363 e. The number of carbonyl (C=O) groups excluding carboxylic acids is 1. The molecule has 33 heavy (non-hydrogen) atoms. The van der Waals surface area contributed by atoms with Crippen LogP contribution in [0.5, 0.6) is 5.75 Å². The van der Waals surface area contributed by atoms with Gasteiger partial charge in [-0.3, -0.25) is 10.1 Å². The third-order valence-electron chi connectivity index (χ3n) is 5.37. The van der Waals surface area contributed by atoms with Crippen molar-refractivity contribution in [3.05, 3.63) is 75.5 Å². The van der Waals surface area contributed by atoms with Crippen molar-refractivity contribution in [2.75, 3.05) is 6.61 Å². The van der Waals surface area contributed by atoms with E-state index in [0.717, 1.165) is 12.2 Å². The van der Waals surface area contributed by atoms with Gasteiger partial charge in [-0.2, -0.15) is 0 Å². The van der Waals surface area contributed by atoms with Crippen LogP contribution in [0, 0.1) is 10.1 Å². The van der Waals surface area contributed by atoms with Crippen molar-refractivity contribution in [2.24, 2.45) is 4.99 Å². The topological polar surface area (TPSA) is 91.0 Å². The Labute approximate surface area is 194 Å². The molecular weight excluding hydrogens is 420 g/mol. The number of hydrogen-bond donors (Lipinski definition) is 0. The summed E-state index contributed by atoms with van der Waals surface area (Å²) in [7, 11) is 0. The predicted octanol–water partition coefficient (Wildman–Crippen LogP) is 6.46. The van der Waals surface area contributed by atoms with E-state index in [9.17, 15) is 14.9 Å². The smallest absolute Gasteiger partial charge is 0.363 e. The van der Waals surface area contributed by atoms with Crippen molar-refractivity contribution in [1.82, 2.24) is 0 Å². The zero-order chi connectivity index (χ0) is 23.5. The first-order valence-electron chi connectivity index (χ1n) is 11.6. The largest absolute Gasteiger partial charge is 0.494 e. The quantitative estimate of drug-likeness (QED) is 0.115. The second-order valence-corrected chi connectivity index (χ2v) is 8.04. The van der Waals surface area contributed by atoms with Crippen LogP contribution in [0.4, 0.5) is 5.69 Å². The minimum absolute atomic E-state index is 0.0533. The summed E-state index contributed by atoms with van der Waals surface area (Å²) in [6, 6.07) is 13.3. The second kappa shape index (κ2) is 12.5. The summed E-state index contributed by atoms with van der Waals surface area (Å²) in [5.41, 5.74) is 1.21. The maximum atomic E-state index is 12.2. The monoisotopic (exact) mass is 450 g/mol.